The number of hydrogen-bond donors (Lipinski definition) is 1. The summed E-state index contributed by atoms with van der Waals surface area (Å²) in [4.78, 5) is 28.4. The SMILES string of the molecule is COc1ccc(CNC(=O)[C@H]2CCC(=O)N(c3ccc(C)cc3)[C@H]2c2ccc(OC)cc2)cc1. The first-order valence-electron chi connectivity index (χ1n) is 11.4. The monoisotopic (exact) mass is 458 g/mol. The van der Waals surface area contributed by atoms with Gasteiger partial charge < -0.3 is 19.7 Å². The molecule has 6 nitrogen and oxygen atoms in total. The number of rotatable bonds is 7. The van der Waals surface area contributed by atoms with Gasteiger partial charge in [-0.05, 0) is 60.9 Å². The van der Waals surface area contributed by atoms with Crippen molar-refractivity contribution < 1.29 is 19.1 Å². The van der Waals surface area contributed by atoms with E-state index < -0.39 is 6.04 Å². The zero-order valence-corrected chi connectivity index (χ0v) is 19.8. The van der Waals surface area contributed by atoms with Crippen LogP contribution in [-0.2, 0) is 16.1 Å². The van der Waals surface area contributed by atoms with Gasteiger partial charge in [0, 0.05) is 18.7 Å². The Morgan fingerprint density at radius 2 is 1.50 bits per heavy atom. The molecule has 4 rings (SSSR count). The first-order chi connectivity index (χ1) is 16.5. The third kappa shape index (κ3) is 5.06. The molecule has 0 radical (unpaired) electrons. The fourth-order valence-electron chi connectivity index (χ4n) is 4.42. The lowest BCUT2D eigenvalue weighted by molar-refractivity contribution is -0.129. The van der Waals surface area contributed by atoms with Crippen LogP contribution in [0, 0.1) is 12.8 Å². The van der Waals surface area contributed by atoms with Crippen molar-refractivity contribution in [1.29, 1.82) is 0 Å². The second kappa shape index (κ2) is 10.4. The minimum Gasteiger partial charge on any atom is -0.497 e. The number of nitrogens with zero attached hydrogens (tertiary/aromatic N) is 1. The van der Waals surface area contributed by atoms with Gasteiger partial charge in [0.15, 0.2) is 0 Å². The lowest BCUT2D eigenvalue weighted by Gasteiger charge is -2.41. The van der Waals surface area contributed by atoms with E-state index in [9.17, 15) is 9.59 Å². The van der Waals surface area contributed by atoms with E-state index in [0.29, 0.717) is 19.4 Å². The highest BCUT2D eigenvalue weighted by atomic mass is 16.5. The Morgan fingerprint density at radius 1 is 0.912 bits per heavy atom. The summed E-state index contributed by atoms with van der Waals surface area (Å²) in [5.41, 5.74) is 3.79. The van der Waals surface area contributed by atoms with Gasteiger partial charge >= 0.3 is 0 Å². The van der Waals surface area contributed by atoms with Gasteiger partial charge in [0.2, 0.25) is 11.8 Å². The normalized spacial score (nSPS) is 17.9. The van der Waals surface area contributed by atoms with Crippen molar-refractivity contribution in [1.82, 2.24) is 5.32 Å². The van der Waals surface area contributed by atoms with Crippen LogP contribution in [0.2, 0.25) is 0 Å². The quantitative estimate of drug-likeness (QED) is 0.552. The summed E-state index contributed by atoms with van der Waals surface area (Å²) in [6, 6.07) is 22.7. The Kier molecular flexibility index (Phi) is 7.16. The van der Waals surface area contributed by atoms with Gasteiger partial charge in [-0.15, -0.1) is 0 Å². The first-order valence-corrected chi connectivity index (χ1v) is 11.4. The topological polar surface area (TPSA) is 67.9 Å². The number of anilines is 1. The van der Waals surface area contributed by atoms with E-state index in [1.165, 1.54) is 0 Å². The maximum Gasteiger partial charge on any atom is 0.227 e. The summed E-state index contributed by atoms with van der Waals surface area (Å²) in [5.74, 6) is 1.07. The largest absolute Gasteiger partial charge is 0.497 e. The average molecular weight is 459 g/mol. The van der Waals surface area contributed by atoms with E-state index in [-0.39, 0.29) is 17.7 Å². The summed E-state index contributed by atoms with van der Waals surface area (Å²) in [5, 5.41) is 3.08. The predicted molar refractivity (Wildman–Crippen MR) is 132 cm³/mol. The second-order valence-electron chi connectivity index (χ2n) is 8.53. The standard InChI is InChI=1S/C28H30N2O4/c1-19-4-10-22(11-5-19)30-26(31)17-16-25(27(30)21-8-14-24(34-3)15-9-21)28(32)29-18-20-6-12-23(33-2)13-7-20/h4-15,25,27H,16-18H2,1-3H3,(H,29,32)/t25-,27-/m0/s1. The molecule has 0 saturated carbocycles. The van der Waals surface area contributed by atoms with E-state index in [2.05, 4.69) is 5.32 Å². The van der Waals surface area contributed by atoms with Crippen LogP contribution in [0.1, 0.15) is 35.6 Å². The molecule has 2 atom stereocenters. The molecule has 1 N–H and O–H groups in total. The molecular formula is C28H30N2O4. The smallest absolute Gasteiger partial charge is 0.227 e. The summed E-state index contributed by atoms with van der Waals surface area (Å²) in [6.07, 6.45) is 0.813. The number of methoxy groups -OCH3 is 2. The van der Waals surface area contributed by atoms with Gasteiger partial charge in [-0.1, -0.05) is 42.0 Å². The highest BCUT2D eigenvalue weighted by Crippen LogP contribution is 2.40. The summed E-state index contributed by atoms with van der Waals surface area (Å²) in [6.45, 7) is 2.42. The number of amides is 2. The lowest BCUT2D eigenvalue weighted by Crippen LogP contribution is -2.48. The van der Waals surface area contributed by atoms with Gasteiger partial charge in [0.05, 0.1) is 26.2 Å². The van der Waals surface area contributed by atoms with Crippen LogP contribution in [0.25, 0.3) is 0 Å². The minimum atomic E-state index is -0.411. The number of carbonyl (C=O) groups excluding carboxylic acids is 2. The molecule has 1 heterocycles. The number of carbonyl (C=O) groups is 2. The molecule has 1 aliphatic rings. The van der Waals surface area contributed by atoms with E-state index in [1.807, 2.05) is 79.7 Å². The van der Waals surface area contributed by atoms with E-state index in [4.69, 9.17) is 9.47 Å². The average Bonchev–Trinajstić information content (AvgIpc) is 2.88. The molecular weight excluding hydrogens is 428 g/mol. The molecule has 1 fully saturated rings. The van der Waals surface area contributed by atoms with Crippen LogP contribution in [0.4, 0.5) is 5.69 Å². The molecule has 1 aliphatic heterocycles. The number of aryl methyl sites for hydroxylation is 1. The maximum atomic E-state index is 13.4. The van der Waals surface area contributed by atoms with Crippen molar-refractivity contribution in [3.63, 3.8) is 0 Å². The van der Waals surface area contributed by atoms with Crippen molar-refractivity contribution in [3.05, 3.63) is 89.5 Å². The summed E-state index contributed by atoms with van der Waals surface area (Å²) >= 11 is 0. The molecule has 2 amide bonds. The van der Waals surface area contributed by atoms with Crippen molar-refractivity contribution in [2.45, 2.75) is 32.4 Å². The predicted octanol–water partition coefficient (Wildman–Crippen LogP) is 4.81. The fourth-order valence-corrected chi connectivity index (χ4v) is 4.42. The number of piperidine rings is 1. The van der Waals surface area contributed by atoms with Crippen LogP contribution in [0.5, 0.6) is 11.5 Å². The van der Waals surface area contributed by atoms with Gasteiger partial charge in [-0.2, -0.15) is 0 Å². The summed E-state index contributed by atoms with van der Waals surface area (Å²) < 4.78 is 10.5. The Bertz CT molecular complexity index is 1120. The van der Waals surface area contributed by atoms with Crippen molar-refractivity contribution in [2.24, 2.45) is 5.92 Å². The molecule has 34 heavy (non-hydrogen) atoms. The Hall–Kier alpha value is -3.80. The molecule has 3 aromatic rings. The van der Waals surface area contributed by atoms with Gasteiger partial charge in [-0.25, -0.2) is 0 Å². The highest BCUT2D eigenvalue weighted by Gasteiger charge is 2.41. The highest BCUT2D eigenvalue weighted by molar-refractivity contribution is 5.97. The third-order valence-corrected chi connectivity index (χ3v) is 6.33. The van der Waals surface area contributed by atoms with Crippen LogP contribution >= 0.6 is 0 Å². The van der Waals surface area contributed by atoms with Crippen LogP contribution in [-0.4, -0.2) is 26.0 Å². The number of hydrogen-bond acceptors (Lipinski definition) is 4. The van der Waals surface area contributed by atoms with Crippen LogP contribution in [0.3, 0.4) is 0 Å². The second-order valence-corrected chi connectivity index (χ2v) is 8.53. The van der Waals surface area contributed by atoms with Crippen LogP contribution in [0.15, 0.2) is 72.8 Å². The van der Waals surface area contributed by atoms with Gasteiger partial charge in [0.1, 0.15) is 11.5 Å². The molecule has 0 bridgehead atoms. The molecule has 0 unspecified atom stereocenters. The molecule has 3 aromatic carbocycles. The molecule has 0 aliphatic carbocycles. The molecule has 6 heteroatoms. The van der Waals surface area contributed by atoms with Gasteiger partial charge in [0.25, 0.3) is 0 Å². The van der Waals surface area contributed by atoms with E-state index in [0.717, 1.165) is 33.9 Å². The fraction of sp³-hybridized carbons (Fsp3) is 0.286. The summed E-state index contributed by atoms with van der Waals surface area (Å²) in [7, 11) is 3.24. The zero-order chi connectivity index (χ0) is 24.1. The van der Waals surface area contributed by atoms with E-state index in [1.54, 1.807) is 19.1 Å². The van der Waals surface area contributed by atoms with E-state index >= 15 is 0 Å². The van der Waals surface area contributed by atoms with Crippen molar-refractivity contribution >= 4 is 17.5 Å². The number of nitrogens with one attached hydrogen (secondary N) is 1. The molecule has 1 saturated heterocycles. The van der Waals surface area contributed by atoms with Crippen molar-refractivity contribution in [3.8, 4) is 11.5 Å². The zero-order valence-electron chi connectivity index (χ0n) is 19.8. The molecule has 0 spiro atoms. The number of benzene rings is 3. The molecule has 0 aromatic heterocycles. The number of ether oxygens (including phenoxy) is 2. The Balaban J connectivity index is 1.63. The maximum absolute atomic E-state index is 13.4. The molecule has 176 valence electrons. The Morgan fingerprint density at radius 3 is 2.09 bits per heavy atom. The van der Waals surface area contributed by atoms with Gasteiger partial charge in [-0.3, -0.25) is 9.59 Å². The Labute approximate surface area is 200 Å². The first kappa shape index (κ1) is 23.4. The minimum absolute atomic E-state index is 0.0175. The van der Waals surface area contributed by atoms with Crippen LogP contribution < -0.4 is 19.7 Å². The third-order valence-electron chi connectivity index (χ3n) is 6.33. The van der Waals surface area contributed by atoms with Crippen molar-refractivity contribution in [2.75, 3.05) is 19.1 Å². The lowest BCUT2D eigenvalue weighted by atomic mass is 9.83.